The standard InChI is InChI=1S/2C10H11F5N6.H2O4S/c2*1-3-4-17-7-19-6(16-2)20-8(21-7)18-5-9(11,12)10(13,14)15;1-5(2,3)4/h2*1H,4-5H2,2H3,(H3,16,17,18,19,20,21);(H2,1,2,3,4). The van der Waals surface area contributed by atoms with Gasteiger partial charge in [0.15, 0.2) is 0 Å². The van der Waals surface area contributed by atoms with Gasteiger partial charge in [-0.3, -0.25) is 9.11 Å². The van der Waals surface area contributed by atoms with E-state index in [0.717, 1.165) is 0 Å². The number of rotatable bonds is 12. The number of nitrogens with one attached hydrogen (secondary N) is 6. The van der Waals surface area contributed by atoms with Crippen LogP contribution in [-0.4, -0.2) is 112 Å². The molecule has 264 valence electrons. The molecule has 0 spiro atoms. The predicted molar refractivity (Wildman–Crippen MR) is 147 cm³/mol. The highest BCUT2D eigenvalue weighted by Crippen LogP contribution is 2.36. The van der Waals surface area contributed by atoms with E-state index in [0.29, 0.717) is 0 Å². The summed E-state index contributed by atoms with van der Waals surface area (Å²) in [6.07, 6.45) is -1.31. The van der Waals surface area contributed by atoms with Crippen molar-refractivity contribution >= 4 is 46.1 Å². The highest BCUT2D eigenvalue weighted by atomic mass is 32.3. The Morgan fingerprint density at radius 3 is 1.02 bits per heavy atom. The van der Waals surface area contributed by atoms with Crippen LogP contribution in [0, 0.1) is 24.7 Å². The first-order chi connectivity index (χ1) is 21.4. The topological polar surface area (TPSA) is 224 Å². The summed E-state index contributed by atoms with van der Waals surface area (Å²) in [5.74, 6) is -6.44. The third-order valence-electron chi connectivity index (χ3n) is 4.18. The summed E-state index contributed by atoms with van der Waals surface area (Å²) in [6, 6.07) is 0. The smallest absolute Gasteiger partial charge is 0.357 e. The number of hydrogen-bond acceptors (Lipinski definition) is 14. The van der Waals surface area contributed by atoms with Crippen LogP contribution in [0.5, 0.6) is 0 Å². The van der Waals surface area contributed by atoms with Gasteiger partial charge in [0.05, 0.1) is 26.2 Å². The Hall–Kier alpha value is -4.89. The summed E-state index contributed by atoms with van der Waals surface area (Å²) in [7, 11) is -1.79. The molecule has 2 heterocycles. The van der Waals surface area contributed by atoms with Crippen molar-refractivity contribution in [2.24, 2.45) is 0 Å². The number of aromatic nitrogens is 6. The number of terminal acetylenes is 2. The second-order valence-corrected chi connectivity index (χ2v) is 8.68. The van der Waals surface area contributed by atoms with E-state index in [9.17, 15) is 43.9 Å². The van der Waals surface area contributed by atoms with E-state index in [1.807, 2.05) is 10.6 Å². The minimum atomic E-state index is -5.66. The Morgan fingerprint density at radius 2 is 0.809 bits per heavy atom. The van der Waals surface area contributed by atoms with Gasteiger partial charge >= 0.3 is 34.6 Å². The largest absolute Gasteiger partial charge is 0.455 e. The summed E-state index contributed by atoms with van der Waals surface area (Å²) in [4.78, 5) is 22.0. The van der Waals surface area contributed by atoms with E-state index < -0.39 is 59.6 Å². The molecule has 16 nitrogen and oxygen atoms in total. The Kier molecular flexibility index (Phi) is 15.9. The highest BCUT2D eigenvalue weighted by molar-refractivity contribution is 7.79. The number of nitrogens with zero attached hydrogens (tertiary/aromatic N) is 6. The van der Waals surface area contributed by atoms with Crippen molar-refractivity contribution in [2.45, 2.75) is 24.2 Å². The normalized spacial score (nSPS) is 11.7. The predicted octanol–water partition coefficient (Wildman–Crippen LogP) is 2.48. The summed E-state index contributed by atoms with van der Waals surface area (Å²) < 4.78 is 155. The van der Waals surface area contributed by atoms with Gasteiger partial charge in [-0.15, -0.1) is 12.8 Å². The Labute approximate surface area is 259 Å². The second-order valence-electron chi connectivity index (χ2n) is 7.79. The molecule has 0 aliphatic carbocycles. The van der Waals surface area contributed by atoms with Crippen LogP contribution >= 0.6 is 0 Å². The molecule has 0 saturated heterocycles. The van der Waals surface area contributed by atoms with Crippen LogP contribution in [0.3, 0.4) is 0 Å². The van der Waals surface area contributed by atoms with Gasteiger partial charge in [-0.25, -0.2) is 0 Å². The van der Waals surface area contributed by atoms with Gasteiger partial charge in [-0.1, -0.05) is 11.8 Å². The quantitative estimate of drug-likeness (QED) is 0.0897. The Morgan fingerprint density at radius 1 is 0.574 bits per heavy atom. The van der Waals surface area contributed by atoms with Crippen LogP contribution in [0.1, 0.15) is 0 Å². The molecule has 0 saturated carbocycles. The molecule has 8 N–H and O–H groups in total. The molecule has 0 aromatic carbocycles. The van der Waals surface area contributed by atoms with E-state index in [1.54, 1.807) is 0 Å². The van der Waals surface area contributed by atoms with Gasteiger partial charge in [0, 0.05) is 14.1 Å². The third-order valence-corrected chi connectivity index (χ3v) is 4.18. The van der Waals surface area contributed by atoms with E-state index in [1.165, 1.54) is 14.1 Å². The van der Waals surface area contributed by atoms with E-state index >= 15 is 0 Å². The summed E-state index contributed by atoms with van der Waals surface area (Å²) in [5.41, 5.74) is 0. The lowest BCUT2D eigenvalue weighted by molar-refractivity contribution is -0.275. The summed E-state index contributed by atoms with van der Waals surface area (Å²) >= 11 is 0. The van der Waals surface area contributed by atoms with Crippen molar-refractivity contribution in [3.63, 3.8) is 0 Å². The van der Waals surface area contributed by atoms with Crippen molar-refractivity contribution in [2.75, 3.05) is 72.2 Å². The zero-order valence-electron chi connectivity index (χ0n) is 23.6. The molecule has 0 aliphatic rings. The lowest BCUT2D eigenvalue weighted by atomic mass is 10.3. The molecule has 0 fully saturated rings. The number of alkyl halides is 10. The fraction of sp³-hybridized carbons (Fsp3) is 0.500. The first kappa shape index (κ1) is 42.1. The fourth-order valence-corrected chi connectivity index (χ4v) is 2.13. The molecule has 0 atom stereocenters. The minimum Gasteiger partial charge on any atom is -0.357 e. The zero-order valence-corrected chi connectivity index (χ0v) is 24.4. The van der Waals surface area contributed by atoms with Crippen LogP contribution in [0.15, 0.2) is 0 Å². The van der Waals surface area contributed by atoms with Crippen molar-refractivity contribution in [1.29, 1.82) is 0 Å². The highest BCUT2D eigenvalue weighted by Gasteiger charge is 2.58. The Bertz CT molecular complexity index is 1380. The molecular formula is C20H24F10N12O4S. The molecular weight excluding hydrogens is 694 g/mol. The van der Waals surface area contributed by atoms with Gasteiger partial charge in [0.1, 0.15) is 0 Å². The summed E-state index contributed by atoms with van der Waals surface area (Å²) in [5, 5.41) is 13.8. The van der Waals surface area contributed by atoms with Gasteiger partial charge in [0.2, 0.25) is 35.7 Å². The van der Waals surface area contributed by atoms with Crippen LogP contribution in [0.2, 0.25) is 0 Å². The SMILES string of the molecule is C#CCNc1nc(NC)nc(NCC(F)(F)C(F)(F)F)n1.C#CCNc1nc(NC)nc(NCC(F)(F)C(F)(F)F)n1.O=S(=O)(O)O. The average Bonchev–Trinajstić information content (AvgIpc) is 2.95. The second kappa shape index (κ2) is 17.7. The number of anilines is 6. The first-order valence-corrected chi connectivity index (χ1v) is 13.1. The maximum absolute atomic E-state index is 12.8. The molecule has 47 heavy (non-hydrogen) atoms. The summed E-state index contributed by atoms with van der Waals surface area (Å²) in [6.45, 7) is -3.30. The number of hydrogen-bond donors (Lipinski definition) is 8. The van der Waals surface area contributed by atoms with Crippen molar-refractivity contribution in [3.05, 3.63) is 0 Å². The van der Waals surface area contributed by atoms with Gasteiger partial charge in [0.25, 0.3) is 0 Å². The van der Waals surface area contributed by atoms with Gasteiger partial charge in [-0.05, 0) is 0 Å². The van der Waals surface area contributed by atoms with E-state index in [4.69, 9.17) is 30.4 Å². The maximum atomic E-state index is 12.8. The molecule has 27 heteroatoms. The lowest BCUT2D eigenvalue weighted by Gasteiger charge is -2.19. The van der Waals surface area contributed by atoms with Gasteiger partial charge < -0.3 is 31.9 Å². The maximum Gasteiger partial charge on any atom is 0.455 e. The van der Waals surface area contributed by atoms with E-state index in [2.05, 4.69) is 63.0 Å². The van der Waals surface area contributed by atoms with Crippen molar-refractivity contribution in [1.82, 2.24) is 29.9 Å². The van der Waals surface area contributed by atoms with E-state index in [-0.39, 0.29) is 36.9 Å². The van der Waals surface area contributed by atoms with Crippen LogP contribution in [-0.2, 0) is 10.4 Å². The molecule has 2 aromatic rings. The van der Waals surface area contributed by atoms with Crippen molar-refractivity contribution < 1.29 is 61.4 Å². The molecule has 0 radical (unpaired) electrons. The number of halogens is 10. The molecule has 0 amide bonds. The zero-order chi connectivity index (χ0) is 36.7. The first-order valence-electron chi connectivity index (χ1n) is 11.7. The van der Waals surface area contributed by atoms with Crippen LogP contribution in [0.25, 0.3) is 0 Å². The molecule has 2 aromatic heterocycles. The van der Waals surface area contributed by atoms with Crippen LogP contribution in [0.4, 0.5) is 79.6 Å². The Balaban J connectivity index is 0.000000787. The molecule has 0 unspecified atom stereocenters. The fourth-order valence-electron chi connectivity index (χ4n) is 2.13. The minimum absolute atomic E-state index is 0.0256. The van der Waals surface area contributed by atoms with Crippen molar-refractivity contribution in [3.8, 4) is 24.7 Å². The molecule has 0 aliphatic heterocycles. The molecule has 2 rings (SSSR count). The average molecular weight is 719 g/mol. The molecule has 0 bridgehead atoms. The monoisotopic (exact) mass is 718 g/mol. The van der Waals surface area contributed by atoms with Crippen LogP contribution < -0.4 is 31.9 Å². The van der Waals surface area contributed by atoms with Gasteiger partial charge in [-0.2, -0.15) is 82.2 Å². The third kappa shape index (κ3) is 16.8. The lowest BCUT2D eigenvalue weighted by Crippen LogP contribution is -2.42.